The van der Waals surface area contributed by atoms with Crippen molar-refractivity contribution in [1.82, 2.24) is 10.5 Å². The largest absolute Gasteiger partial charge is 0.480 e. The molecule has 1 fully saturated rings. The van der Waals surface area contributed by atoms with E-state index in [9.17, 15) is 14.7 Å². The molecule has 104 valence electrons. The van der Waals surface area contributed by atoms with Crippen LogP contribution in [-0.4, -0.2) is 27.7 Å². The van der Waals surface area contributed by atoms with E-state index >= 15 is 0 Å². The maximum Gasteiger partial charge on any atom is 0.329 e. The van der Waals surface area contributed by atoms with Gasteiger partial charge in [-0.3, -0.25) is 4.79 Å². The maximum atomic E-state index is 12.3. The van der Waals surface area contributed by atoms with Crippen molar-refractivity contribution < 1.29 is 19.2 Å². The molecule has 2 rings (SSSR count). The standard InChI is InChI=1S/C13H18N2O4/c1-3-9-10(8(2)19-15-9)11(16)14-13(12(17)18)6-4-5-7-13/h3-7H2,1-2H3,(H,14,16)(H,17,18). The van der Waals surface area contributed by atoms with Crippen molar-refractivity contribution in [2.24, 2.45) is 0 Å². The fraction of sp³-hybridized carbons (Fsp3) is 0.615. The molecule has 0 radical (unpaired) electrons. The van der Waals surface area contributed by atoms with E-state index in [1.807, 2.05) is 6.92 Å². The van der Waals surface area contributed by atoms with Gasteiger partial charge in [-0.05, 0) is 26.2 Å². The zero-order chi connectivity index (χ0) is 14.0. The molecule has 1 aromatic rings. The molecule has 6 nitrogen and oxygen atoms in total. The molecule has 0 aromatic carbocycles. The molecule has 6 heteroatoms. The van der Waals surface area contributed by atoms with Crippen LogP contribution in [0.3, 0.4) is 0 Å². The number of carboxylic acids is 1. The summed E-state index contributed by atoms with van der Waals surface area (Å²) in [6.45, 7) is 3.53. The van der Waals surface area contributed by atoms with Crippen molar-refractivity contribution in [1.29, 1.82) is 0 Å². The summed E-state index contributed by atoms with van der Waals surface area (Å²) in [7, 11) is 0. The molecule has 1 saturated carbocycles. The summed E-state index contributed by atoms with van der Waals surface area (Å²) in [6.07, 6.45) is 3.14. The highest BCUT2D eigenvalue weighted by atomic mass is 16.5. The third kappa shape index (κ3) is 2.34. The molecule has 1 amide bonds. The fourth-order valence-corrected chi connectivity index (χ4v) is 2.60. The highest BCUT2D eigenvalue weighted by Crippen LogP contribution is 2.30. The summed E-state index contributed by atoms with van der Waals surface area (Å²) in [5.41, 5.74) is -0.199. The second kappa shape index (κ2) is 5.03. The van der Waals surface area contributed by atoms with E-state index in [2.05, 4.69) is 10.5 Å². The van der Waals surface area contributed by atoms with Crippen LogP contribution < -0.4 is 5.32 Å². The zero-order valence-electron chi connectivity index (χ0n) is 11.2. The minimum Gasteiger partial charge on any atom is -0.480 e. The minimum atomic E-state index is -1.13. The number of carbonyl (C=O) groups excluding carboxylic acids is 1. The zero-order valence-corrected chi connectivity index (χ0v) is 11.2. The number of nitrogens with one attached hydrogen (secondary N) is 1. The van der Waals surface area contributed by atoms with E-state index in [0.29, 0.717) is 36.3 Å². The number of aromatic nitrogens is 1. The molecule has 0 saturated heterocycles. The molecular formula is C13H18N2O4. The Hall–Kier alpha value is -1.85. The first-order valence-electron chi connectivity index (χ1n) is 6.51. The summed E-state index contributed by atoms with van der Waals surface area (Å²) in [4.78, 5) is 23.7. The Kier molecular flexibility index (Phi) is 3.59. The number of rotatable bonds is 4. The van der Waals surface area contributed by atoms with E-state index in [1.165, 1.54) is 0 Å². The van der Waals surface area contributed by atoms with E-state index < -0.39 is 17.4 Å². The average Bonchev–Trinajstić information content (AvgIpc) is 2.96. The van der Waals surface area contributed by atoms with Gasteiger partial charge in [-0.25, -0.2) is 4.79 Å². The molecule has 0 bridgehead atoms. The van der Waals surface area contributed by atoms with Crippen molar-refractivity contribution >= 4 is 11.9 Å². The summed E-state index contributed by atoms with van der Waals surface area (Å²) >= 11 is 0. The van der Waals surface area contributed by atoms with Crippen LogP contribution in [0.4, 0.5) is 0 Å². The lowest BCUT2D eigenvalue weighted by Crippen LogP contribution is -2.52. The van der Waals surface area contributed by atoms with Crippen molar-refractivity contribution in [2.45, 2.75) is 51.5 Å². The first-order valence-corrected chi connectivity index (χ1v) is 6.51. The van der Waals surface area contributed by atoms with E-state index in [-0.39, 0.29) is 0 Å². The smallest absolute Gasteiger partial charge is 0.329 e. The van der Waals surface area contributed by atoms with Gasteiger partial charge >= 0.3 is 5.97 Å². The predicted octanol–water partition coefficient (Wildman–Crippen LogP) is 1.67. The van der Waals surface area contributed by atoms with Gasteiger partial charge in [0.05, 0.1) is 5.69 Å². The van der Waals surface area contributed by atoms with Gasteiger partial charge in [0.2, 0.25) is 0 Å². The Balaban J connectivity index is 2.25. The third-order valence-corrected chi connectivity index (χ3v) is 3.71. The van der Waals surface area contributed by atoms with Crippen LogP contribution >= 0.6 is 0 Å². The van der Waals surface area contributed by atoms with Crippen molar-refractivity contribution in [2.75, 3.05) is 0 Å². The average molecular weight is 266 g/mol. The first-order chi connectivity index (χ1) is 9.00. The lowest BCUT2D eigenvalue weighted by molar-refractivity contribution is -0.144. The quantitative estimate of drug-likeness (QED) is 0.864. The van der Waals surface area contributed by atoms with Gasteiger partial charge in [0.25, 0.3) is 5.91 Å². The topological polar surface area (TPSA) is 92.4 Å². The van der Waals surface area contributed by atoms with Crippen LogP contribution in [0.2, 0.25) is 0 Å². The molecule has 0 atom stereocenters. The number of aryl methyl sites for hydroxylation is 2. The van der Waals surface area contributed by atoms with Gasteiger partial charge in [-0.2, -0.15) is 0 Å². The lowest BCUT2D eigenvalue weighted by Gasteiger charge is -2.25. The van der Waals surface area contributed by atoms with Crippen LogP contribution in [0.1, 0.15) is 54.4 Å². The molecule has 0 unspecified atom stereocenters. The van der Waals surface area contributed by atoms with Gasteiger partial charge in [0, 0.05) is 0 Å². The lowest BCUT2D eigenvalue weighted by atomic mass is 9.97. The van der Waals surface area contributed by atoms with Crippen molar-refractivity contribution in [3.63, 3.8) is 0 Å². The molecule has 0 aliphatic heterocycles. The highest BCUT2D eigenvalue weighted by Gasteiger charge is 2.43. The Bertz CT molecular complexity index is 501. The second-order valence-electron chi connectivity index (χ2n) is 4.96. The van der Waals surface area contributed by atoms with Gasteiger partial charge in [0.1, 0.15) is 16.9 Å². The van der Waals surface area contributed by atoms with Gasteiger partial charge in [-0.1, -0.05) is 24.9 Å². The van der Waals surface area contributed by atoms with E-state index in [4.69, 9.17) is 4.52 Å². The number of carbonyl (C=O) groups is 2. The number of hydrogen-bond donors (Lipinski definition) is 2. The molecule has 2 N–H and O–H groups in total. The SMILES string of the molecule is CCc1noc(C)c1C(=O)NC1(C(=O)O)CCCC1. The van der Waals surface area contributed by atoms with Gasteiger partial charge in [-0.15, -0.1) is 0 Å². The van der Waals surface area contributed by atoms with Crippen molar-refractivity contribution in [3.8, 4) is 0 Å². The molecular weight excluding hydrogens is 248 g/mol. The Morgan fingerprint density at radius 2 is 2.05 bits per heavy atom. The predicted molar refractivity (Wildman–Crippen MR) is 66.9 cm³/mol. The van der Waals surface area contributed by atoms with Crippen LogP contribution in [0.15, 0.2) is 4.52 Å². The number of carboxylic acid groups (broad SMARTS) is 1. The maximum absolute atomic E-state index is 12.3. The molecule has 1 aliphatic rings. The van der Waals surface area contributed by atoms with Gasteiger partial charge < -0.3 is 14.9 Å². The molecule has 0 spiro atoms. The number of nitrogens with zero attached hydrogens (tertiary/aromatic N) is 1. The Labute approximate surface area is 111 Å². The molecule has 19 heavy (non-hydrogen) atoms. The number of aliphatic carboxylic acids is 1. The molecule has 1 aromatic heterocycles. The third-order valence-electron chi connectivity index (χ3n) is 3.71. The monoisotopic (exact) mass is 266 g/mol. The Morgan fingerprint density at radius 1 is 1.42 bits per heavy atom. The summed E-state index contributed by atoms with van der Waals surface area (Å²) in [5.74, 6) is -0.946. The van der Waals surface area contributed by atoms with Crippen LogP contribution in [0.25, 0.3) is 0 Å². The molecule has 1 aliphatic carbocycles. The summed E-state index contributed by atoms with van der Waals surface area (Å²) in [6, 6.07) is 0. The summed E-state index contributed by atoms with van der Waals surface area (Å²) in [5, 5.41) is 15.8. The number of amides is 1. The highest BCUT2D eigenvalue weighted by molar-refractivity contribution is 5.99. The van der Waals surface area contributed by atoms with Crippen LogP contribution in [0.5, 0.6) is 0 Å². The van der Waals surface area contributed by atoms with Crippen LogP contribution in [0, 0.1) is 6.92 Å². The molecule has 1 heterocycles. The Morgan fingerprint density at radius 3 is 2.58 bits per heavy atom. The summed E-state index contributed by atoms with van der Waals surface area (Å²) < 4.78 is 5.01. The van der Waals surface area contributed by atoms with Gasteiger partial charge in [0.15, 0.2) is 0 Å². The van der Waals surface area contributed by atoms with Crippen molar-refractivity contribution in [3.05, 3.63) is 17.0 Å². The van der Waals surface area contributed by atoms with Crippen LogP contribution in [-0.2, 0) is 11.2 Å². The fourth-order valence-electron chi connectivity index (χ4n) is 2.60. The van der Waals surface area contributed by atoms with E-state index in [1.54, 1.807) is 6.92 Å². The second-order valence-corrected chi connectivity index (χ2v) is 4.96. The number of hydrogen-bond acceptors (Lipinski definition) is 4. The van der Waals surface area contributed by atoms with E-state index in [0.717, 1.165) is 12.8 Å². The minimum absolute atomic E-state index is 0.370. The first kappa shape index (κ1) is 13.6. The normalized spacial score (nSPS) is 17.4.